The Kier molecular flexibility index (Phi) is 6.54. The highest BCUT2D eigenvalue weighted by Crippen LogP contribution is 2.27. The lowest BCUT2D eigenvalue weighted by molar-refractivity contribution is -0.384. The third-order valence-corrected chi connectivity index (χ3v) is 5.41. The number of nitriles is 1. The van der Waals surface area contributed by atoms with Crippen LogP contribution in [0.25, 0.3) is 11.8 Å². The summed E-state index contributed by atoms with van der Waals surface area (Å²) in [6, 6.07) is 14.3. The van der Waals surface area contributed by atoms with Crippen molar-refractivity contribution in [2.24, 2.45) is 0 Å². The van der Waals surface area contributed by atoms with E-state index in [1.54, 1.807) is 12.1 Å². The van der Waals surface area contributed by atoms with Gasteiger partial charge in [-0.05, 0) is 56.2 Å². The first-order chi connectivity index (χ1) is 15.7. The minimum Gasteiger partial charge on any atom is -0.465 e. The van der Waals surface area contributed by atoms with Gasteiger partial charge in [0.2, 0.25) is 5.78 Å². The molecule has 0 atom stereocenters. The zero-order valence-corrected chi connectivity index (χ0v) is 18.6. The molecule has 1 aromatic heterocycles. The number of non-ortho nitro benzene ring substituents is 1. The van der Waals surface area contributed by atoms with Crippen LogP contribution in [0, 0.1) is 42.2 Å². The predicted molar refractivity (Wildman–Crippen MR) is 122 cm³/mol. The average molecular weight is 443 g/mol. The number of esters is 1. The van der Waals surface area contributed by atoms with Crippen LogP contribution in [-0.2, 0) is 4.74 Å². The van der Waals surface area contributed by atoms with Gasteiger partial charge in [0, 0.05) is 34.8 Å². The number of nitro benzene ring substituents is 1. The van der Waals surface area contributed by atoms with Gasteiger partial charge in [0.1, 0.15) is 11.6 Å². The first-order valence-electron chi connectivity index (χ1n) is 9.97. The lowest BCUT2D eigenvalue weighted by Crippen LogP contribution is -2.08. The molecule has 3 rings (SSSR count). The van der Waals surface area contributed by atoms with E-state index < -0.39 is 16.7 Å². The molecule has 0 unspecified atom stereocenters. The third kappa shape index (κ3) is 4.43. The minimum absolute atomic E-state index is 0.0624. The molecule has 8 heteroatoms. The molecule has 0 saturated heterocycles. The molecular formula is C25H21N3O5. The predicted octanol–water partition coefficient (Wildman–Crippen LogP) is 4.89. The number of allylic oxidation sites excluding steroid dienone is 1. The number of ether oxygens (including phenoxy) is 1. The highest BCUT2D eigenvalue weighted by molar-refractivity contribution is 6.14. The van der Waals surface area contributed by atoms with Gasteiger partial charge in [0.25, 0.3) is 5.69 Å². The fourth-order valence-electron chi connectivity index (χ4n) is 3.72. The number of benzene rings is 2. The second-order valence-electron chi connectivity index (χ2n) is 7.41. The van der Waals surface area contributed by atoms with E-state index in [1.807, 2.05) is 43.5 Å². The number of carbonyl (C=O) groups is 2. The molecule has 0 fully saturated rings. The number of Topliss-reactive ketones (excluding diaryl/α,β-unsaturated/α-hetero) is 1. The van der Waals surface area contributed by atoms with Crippen LogP contribution in [0.5, 0.6) is 0 Å². The summed E-state index contributed by atoms with van der Waals surface area (Å²) in [5.74, 6) is -1.04. The quantitative estimate of drug-likeness (QED) is 0.134. The van der Waals surface area contributed by atoms with Gasteiger partial charge < -0.3 is 9.30 Å². The number of aromatic nitrogens is 1. The van der Waals surface area contributed by atoms with Crippen molar-refractivity contribution in [2.45, 2.75) is 20.8 Å². The van der Waals surface area contributed by atoms with E-state index >= 15 is 0 Å². The number of rotatable bonds is 6. The fourth-order valence-corrected chi connectivity index (χ4v) is 3.72. The van der Waals surface area contributed by atoms with E-state index in [0.717, 1.165) is 28.7 Å². The van der Waals surface area contributed by atoms with Crippen molar-refractivity contribution >= 4 is 23.5 Å². The molecule has 0 amide bonds. The van der Waals surface area contributed by atoms with E-state index in [2.05, 4.69) is 0 Å². The van der Waals surface area contributed by atoms with Crippen molar-refractivity contribution in [2.75, 3.05) is 7.11 Å². The minimum atomic E-state index is -0.602. The van der Waals surface area contributed by atoms with E-state index in [4.69, 9.17) is 4.74 Å². The molecule has 2 aromatic carbocycles. The number of hydrogen-bond donors (Lipinski definition) is 0. The molecule has 0 N–H and O–H groups in total. The Morgan fingerprint density at radius 1 is 1.12 bits per heavy atom. The molecule has 0 spiro atoms. The van der Waals surface area contributed by atoms with Crippen molar-refractivity contribution in [3.05, 3.63) is 97.9 Å². The molecule has 0 aliphatic rings. The van der Waals surface area contributed by atoms with Crippen LogP contribution in [0.2, 0.25) is 0 Å². The number of carbonyl (C=O) groups excluding carboxylic acids is 2. The Hall–Kier alpha value is -4.51. The van der Waals surface area contributed by atoms with Crippen LogP contribution in [0.3, 0.4) is 0 Å². The number of nitro groups is 1. The van der Waals surface area contributed by atoms with Crippen molar-refractivity contribution in [3.63, 3.8) is 0 Å². The van der Waals surface area contributed by atoms with Gasteiger partial charge in [-0.15, -0.1) is 0 Å². The smallest absolute Gasteiger partial charge is 0.338 e. The Labute approximate surface area is 190 Å². The first-order valence-corrected chi connectivity index (χ1v) is 9.97. The second kappa shape index (κ2) is 9.32. The summed E-state index contributed by atoms with van der Waals surface area (Å²) in [5.41, 5.74) is 3.89. The largest absolute Gasteiger partial charge is 0.465 e. The Balaban J connectivity index is 2.08. The first kappa shape index (κ1) is 23.2. The highest BCUT2D eigenvalue weighted by atomic mass is 16.6. The van der Waals surface area contributed by atoms with Crippen molar-refractivity contribution in [3.8, 4) is 11.8 Å². The molecular weight excluding hydrogens is 422 g/mol. The van der Waals surface area contributed by atoms with Gasteiger partial charge in [-0.25, -0.2) is 4.79 Å². The van der Waals surface area contributed by atoms with Gasteiger partial charge in [-0.1, -0.05) is 18.2 Å². The standard InChI is InChI=1S/C25H21N3O5/c1-15-11-19(12-20(14-26)24(29)18-7-5-8-21(13-18)28(31)32)17(3)27(15)23-10-6-9-22(16(23)2)25(30)33-4/h5-13H,1-4H3. The van der Waals surface area contributed by atoms with Gasteiger partial charge in [-0.2, -0.15) is 5.26 Å². The third-order valence-electron chi connectivity index (χ3n) is 5.41. The van der Waals surface area contributed by atoms with Crippen LogP contribution in [-0.4, -0.2) is 28.4 Å². The maximum atomic E-state index is 12.9. The lowest BCUT2D eigenvalue weighted by Gasteiger charge is -2.15. The van der Waals surface area contributed by atoms with Crippen LogP contribution in [0.1, 0.15) is 43.2 Å². The number of aryl methyl sites for hydroxylation is 1. The summed E-state index contributed by atoms with van der Waals surface area (Å²) in [5, 5.41) is 20.6. The van der Waals surface area contributed by atoms with Crippen molar-refractivity contribution in [1.82, 2.24) is 4.57 Å². The zero-order valence-electron chi connectivity index (χ0n) is 18.6. The summed E-state index contributed by atoms with van der Waals surface area (Å²) in [6.07, 6.45) is 1.47. The fraction of sp³-hybridized carbons (Fsp3) is 0.160. The molecule has 0 aliphatic carbocycles. The maximum Gasteiger partial charge on any atom is 0.338 e. The summed E-state index contributed by atoms with van der Waals surface area (Å²) in [4.78, 5) is 35.4. The maximum absolute atomic E-state index is 12.9. The average Bonchev–Trinajstić information content (AvgIpc) is 3.09. The molecule has 0 radical (unpaired) electrons. The number of hydrogen-bond acceptors (Lipinski definition) is 6. The Morgan fingerprint density at radius 3 is 2.45 bits per heavy atom. The molecule has 8 nitrogen and oxygen atoms in total. The molecule has 0 saturated carbocycles. The molecule has 1 heterocycles. The summed E-state index contributed by atoms with van der Waals surface area (Å²) < 4.78 is 6.79. The molecule has 33 heavy (non-hydrogen) atoms. The van der Waals surface area contributed by atoms with Gasteiger partial charge in [-0.3, -0.25) is 14.9 Å². The van der Waals surface area contributed by atoms with E-state index in [9.17, 15) is 25.0 Å². The lowest BCUT2D eigenvalue weighted by atomic mass is 10.0. The number of ketones is 1. The van der Waals surface area contributed by atoms with Gasteiger partial charge >= 0.3 is 5.97 Å². The molecule has 0 bridgehead atoms. The summed E-state index contributed by atoms with van der Waals surface area (Å²) in [7, 11) is 1.32. The van der Waals surface area contributed by atoms with Crippen LogP contribution >= 0.6 is 0 Å². The van der Waals surface area contributed by atoms with E-state index in [1.165, 1.54) is 31.4 Å². The van der Waals surface area contributed by atoms with Crippen LogP contribution < -0.4 is 0 Å². The Bertz CT molecular complexity index is 1360. The zero-order chi connectivity index (χ0) is 24.3. The second-order valence-corrected chi connectivity index (χ2v) is 7.41. The van der Waals surface area contributed by atoms with E-state index in [-0.39, 0.29) is 16.8 Å². The molecule has 0 aliphatic heterocycles. The van der Waals surface area contributed by atoms with Crippen LogP contribution in [0.15, 0.2) is 54.1 Å². The van der Waals surface area contributed by atoms with Gasteiger partial charge in [0.15, 0.2) is 0 Å². The van der Waals surface area contributed by atoms with Crippen molar-refractivity contribution in [1.29, 1.82) is 5.26 Å². The van der Waals surface area contributed by atoms with Crippen molar-refractivity contribution < 1.29 is 19.2 Å². The SMILES string of the molecule is COC(=O)c1cccc(-n2c(C)cc(C=C(C#N)C(=O)c3cccc([N+](=O)[O-])c3)c2C)c1C. The normalized spacial score (nSPS) is 11.1. The highest BCUT2D eigenvalue weighted by Gasteiger charge is 2.19. The van der Waals surface area contributed by atoms with E-state index in [0.29, 0.717) is 11.1 Å². The summed E-state index contributed by atoms with van der Waals surface area (Å²) >= 11 is 0. The molecule has 166 valence electrons. The number of nitrogens with zero attached hydrogens (tertiary/aromatic N) is 3. The Morgan fingerprint density at radius 2 is 1.82 bits per heavy atom. The molecule has 3 aromatic rings. The summed E-state index contributed by atoms with van der Waals surface area (Å²) in [6.45, 7) is 5.54. The topological polar surface area (TPSA) is 115 Å². The number of methoxy groups -OCH3 is 1. The van der Waals surface area contributed by atoms with Crippen LogP contribution in [0.4, 0.5) is 5.69 Å². The monoisotopic (exact) mass is 443 g/mol. The van der Waals surface area contributed by atoms with Gasteiger partial charge in [0.05, 0.1) is 17.6 Å².